The summed E-state index contributed by atoms with van der Waals surface area (Å²) in [5.41, 5.74) is 0. The molecule has 0 amide bonds. The van der Waals surface area contributed by atoms with Gasteiger partial charge in [0.2, 0.25) is 0 Å². The second-order valence-electron chi connectivity index (χ2n) is 7.89. The molecule has 1 aliphatic rings. The number of ether oxygens (including phenoxy) is 1. The van der Waals surface area contributed by atoms with Gasteiger partial charge in [-0.05, 0) is 51.4 Å². The van der Waals surface area contributed by atoms with Gasteiger partial charge in [0, 0.05) is 12.5 Å². The van der Waals surface area contributed by atoms with Crippen LogP contribution in [-0.2, 0) is 14.0 Å². The first-order valence-corrected chi connectivity index (χ1v) is 11.0. The molecule has 0 aromatic carbocycles. The summed E-state index contributed by atoms with van der Waals surface area (Å²) in [6.45, 7) is 16.5. The van der Waals surface area contributed by atoms with E-state index in [9.17, 15) is 4.79 Å². The van der Waals surface area contributed by atoms with E-state index < -0.39 is 8.32 Å². The molecule has 1 heterocycles. The third-order valence-electron chi connectivity index (χ3n) is 4.66. The van der Waals surface area contributed by atoms with Crippen molar-refractivity contribution in [2.45, 2.75) is 77.7 Å². The Balaban J connectivity index is 2.64. The monoisotopic (exact) mass is 315 g/mol. The molecule has 1 aliphatic heterocycles. The van der Waals surface area contributed by atoms with Crippen molar-refractivity contribution in [3.05, 3.63) is 0 Å². The minimum Gasteiger partial charge on any atom is -0.462 e. The summed E-state index contributed by atoms with van der Waals surface area (Å²) in [7, 11) is -1.77. The predicted octanol–water partition coefficient (Wildman–Crippen LogP) is 3.33. The molecule has 2 atom stereocenters. The van der Waals surface area contributed by atoms with E-state index >= 15 is 0 Å². The zero-order valence-corrected chi connectivity index (χ0v) is 15.8. The maximum absolute atomic E-state index is 12.2. The number of nitrogens with one attached hydrogen (secondary N) is 1. The van der Waals surface area contributed by atoms with Gasteiger partial charge in [0.05, 0.1) is 6.10 Å². The van der Waals surface area contributed by atoms with E-state index in [1.165, 1.54) is 0 Å². The highest BCUT2D eigenvalue weighted by Gasteiger charge is 2.39. The van der Waals surface area contributed by atoms with Crippen LogP contribution in [0.4, 0.5) is 0 Å². The summed E-state index contributed by atoms with van der Waals surface area (Å²) < 4.78 is 11.7. The first kappa shape index (κ1) is 18.7. The van der Waals surface area contributed by atoms with Crippen LogP contribution in [0.1, 0.15) is 47.5 Å². The molecule has 1 saturated heterocycles. The summed E-state index contributed by atoms with van der Waals surface area (Å²) in [6, 6.07) is -0.217. The summed E-state index contributed by atoms with van der Waals surface area (Å²) in [4.78, 5) is 12.2. The van der Waals surface area contributed by atoms with Crippen molar-refractivity contribution >= 4 is 14.3 Å². The zero-order valence-electron chi connectivity index (χ0n) is 14.8. The fourth-order valence-electron chi connectivity index (χ4n) is 2.25. The van der Waals surface area contributed by atoms with Crippen LogP contribution in [0.2, 0.25) is 18.1 Å². The van der Waals surface area contributed by atoms with E-state index in [4.69, 9.17) is 9.16 Å². The molecule has 1 fully saturated rings. The molecule has 0 spiro atoms. The summed E-state index contributed by atoms with van der Waals surface area (Å²) in [6.07, 6.45) is 2.06. The van der Waals surface area contributed by atoms with Crippen LogP contribution in [0.3, 0.4) is 0 Å². The van der Waals surface area contributed by atoms with Gasteiger partial charge in [-0.3, -0.25) is 4.79 Å². The number of hydrogen-bond acceptors (Lipinski definition) is 4. The molecule has 4 nitrogen and oxygen atoms in total. The number of carbonyl (C=O) groups excluding carboxylic acids is 1. The van der Waals surface area contributed by atoms with Crippen molar-refractivity contribution in [2.75, 3.05) is 13.2 Å². The van der Waals surface area contributed by atoms with E-state index in [-0.39, 0.29) is 29.1 Å². The highest BCUT2D eigenvalue weighted by Crippen LogP contribution is 2.37. The van der Waals surface area contributed by atoms with E-state index in [0.29, 0.717) is 6.61 Å². The van der Waals surface area contributed by atoms with E-state index in [0.717, 1.165) is 19.4 Å². The third-order valence-corrected chi connectivity index (χ3v) is 9.16. The number of carbonyl (C=O) groups is 1. The van der Waals surface area contributed by atoms with Gasteiger partial charge < -0.3 is 14.5 Å². The van der Waals surface area contributed by atoms with E-state index in [2.05, 4.69) is 39.2 Å². The zero-order chi connectivity index (χ0) is 16.3. The van der Waals surface area contributed by atoms with Gasteiger partial charge in [0.15, 0.2) is 8.32 Å². The van der Waals surface area contributed by atoms with Crippen LogP contribution in [0.5, 0.6) is 0 Å². The maximum Gasteiger partial charge on any atom is 0.323 e. The second kappa shape index (κ2) is 7.25. The quantitative estimate of drug-likeness (QED) is 0.624. The highest BCUT2D eigenvalue weighted by molar-refractivity contribution is 6.74. The first-order chi connectivity index (χ1) is 9.54. The van der Waals surface area contributed by atoms with Crippen LogP contribution in [0, 0.1) is 5.92 Å². The summed E-state index contributed by atoms with van der Waals surface area (Å²) in [5, 5.41) is 3.51. The molecule has 0 unspecified atom stereocenters. The number of esters is 1. The molecule has 1 N–H and O–H groups in total. The standard InChI is InChI=1S/C16H33NO3Si/c1-12(2)20-15(18)14-13(9-8-10-17-14)11-19-21(6,7)16(3,4)5/h12-14,17H,8-11H2,1-7H3/t13-,14-/m0/s1. The van der Waals surface area contributed by atoms with Gasteiger partial charge >= 0.3 is 5.97 Å². The van der Waals surface area contributed by atoms with Gasteiger partial charge in [-0.1, -0.05) is 20.8 Å². The predicted molar refractivity (Wildman–Crippen MR) is 88.9 cm³/mol. The van der Waals surface area contributed by atoms with Crippen LogP contribution < -0.4 is 5.32 Å². The average molecular weight is 316 g/mol. The van der Waals surface area contributed by atoms with E-state index in [1.807, 2.05) is 13.8 Å². The molecular weight excluding hydrogens is 282 g/mol. The van der Waals surface area contributed by atoms with Crippen LogP contribution in [0.25, 0.3) is 0 Å². The number of hydrogen-bond donors (Lipinski definition) is 1. The third kappa shape index (κ3) is 5.38. The molecule has 0 radical (unpaired) electrons. The lowest BCUT2D eigenvalue weighted by Crippen LogP contribution is -2.51. The summed E-state index contributed by atoms with van der Waals surface area (Å²) >= 11 is 0. The minimum absolute atomic E-state index is 0.0665. The Hall–Kier alpha value is -0.393. The Kier molecular flexibility index (Phi) is 6.44. The Morgan fingerprint density at radius 2 is 1.95 bits per heavy atom. The Labute approximate surface area is 131 Å². The normalized spacial score (nSPS) is 24.2. The molecular formula is C16H33NO3Si. The molecule has 5 heteroatoms. The Bertz CT molecular complexity index is 350. The smallest absolute Gasteiger partial charge is 0.323 e. The van der Waals surface area contributed by atoms with Crippen molar-refractivity contribution in [1.29, 1.82) is 0 Å². The van der Waals surface area contributed by atoms with Crippen LogP contribution >= 0.6 is 0 Å². The topological polar surface area (TPSA) is 47.6 Å². The van der Waals surface area contributed by atoms with Crippen LogP contribution in [0.15, 0.2) is 0 Å². The Morgan fingerprint density at radius 3 is 2.48 bits per heavy atom. The molecule has 1 rings (SSSR count). The van der Waals surface area contributed by atoms with Gasteiger partial charge in [0.25, 0.3) is 0 Å². The largest absolute Gasteiger partial charge is 0.462 e. The van der Waals surface area contributed by atoms with Crippen molar-refractivity contribution in [2.24, 2.45) is 5.92 Å². The van der Waals surface area contributed by atoms with Crippen molar-refractivity contribution < 1.29 is 14.0 Å². The van der Waals surface area contributed by atoms with Crippen molar-refractivity contribution in [3.8, 4) is 0 Å². The second-order valence-corrected chi connectivity index (χ2v) is 12.7. The molecule has 0 aromatic heterocycles. The molecule has 0 aliphatic carbocycles. The number of rotatable bonds is 5. The molecule has 21 heavy (non-hydrogen) atoms. The molecule has 124 valence electrons. The highest BCUT2D eigenvalue weighted by atomic mass is 28.4. The van der Waals surface area contributed by atoms with Crippen molar-refractivity contribution in [1.82, 2.24) is 5.32 Å². The van der Waals surface area contributed by atoms with Crippen molar-refractivity contribution in [3.63, 3.8) is 0 Å². The number of piperidine rings is 1. The molecule has 0 bridgehead atoms. The fourth-order valence-corrected chi connectivity index (χ4v) is 3.31. The first-order valence-electron chi connectivity index (χ1n) is 8.12. The van der Waals surface area contributed by atoms with Gasteiger partial charge in [-0.15, -0.1) is 0 Å². The Morgan fingerprint density at radius 1 is 1.33 bits per heavy atom. The lowest BCUT2D eigenvalue weighted by atomic mass is 9.92. The molecule has 0 aromatic rings. The van der Waals surface area contributed by atoms with Crippen LogP contribution in [-0.4, -0.2) is 39.6 Å². The minimum atomic E-state index is -1.77. The van der Waals surface area contributed by atoms with E-state index in [1.54, 1.807) is 0 Å². The molecule has 0 saturated carbocycles. The summed E-state index contributed by atoms with van der Waals surface area (Å²) in [5.74, 6) is 0.0904. The lowest BCUT2D eigenvalue weighted by Gasteiger charge is -2.39. The van der Waals surface area contributed by atoms with Gasteiger partial charge in [0.1, 0.15) is 6.04 Å². The van der Waals surface area contributed by atoms with Gasteiger partial charge in [-0.2, -0.15) is 0 Å². The average Bonchev–Trinajstić information content (AvgIpc) is 2.34. The fraction of sp³-hybridized carbons (Fsp3) is 0.938. The lowest BCUT2D eigenvalue weighted by molar-refractivity contribution is -0.152. The SMILES string of the molecule is CC(C)OC(=O)[C@H]1NCCC[C@H]1CO[Si](C)(C)C(C)(C)C. The maximum atomic E-state index is 12.2. The van der Waals surface area contributed by atoms with Gasteiger partial charge in [-0.25, -0.2) is 0 Å².